The highest BCUT2D eigenvalue weighted by molar-refractivity contribution is 5.75. The van der Waals surface area contributed by atoms with E-state index in [-0.39, 0.29) is 18.0 Å². The zero-order valence-electron chi connectivity index (χ0n) is 11.5. The van der Waals surface area contributed by atoms with Crippen molar-refractivity contribution in [2.75, 3.05) is 6.54 Å². The molecule has 0 bridgehead atoms. The Morgan fingerprint density at radius 2 is 1.85 bits per heavy atom. The Labute approximate surface area is 118 Å². The van der Waals surface area contributed by atoms with Crippen molar-refractivity contribution in [3.05, 3.63) is 70.1 Å². The van der Waals surface area contributed by atoms with Crippen LogP contribution in [-0.2, 0) is 17.8 Å². The number of pyridine rings is 1. The van der Waals surface area contributed by atoms with Crippen molar-refractivity contribution in [1.82, 2.24) is 9.88 Å². The number of benzene rings is 1. The molecule has 104 valence electrons. The van der Waals surface area contributed by atoms with E-state index in [4.69, 9.17) is 0 Å². The maximum Gasteiger partial charge on any atom is 0.251 e. The van der Waals surface area contributed by atoms with Crippen LogP contribution in [0.25, 0.3) is 0 Å². The lowest BCUT2D eigenvalue weighted by atomic mass is 10.1. The van der Waals surface area contributed by atoms with E-state index in [0.717, 1.165) is 12.1 Å². The van der Waals surface area contributed by atoms with E-state index in [1.807, 2.05) is 43.3 Å². The molecule has 0 aliphatic rings. The third-order valence-electron chi connectivity index (χ3n) is 3.15. The Balaban J connectivity index is 1.86. The van der Waals surface area contributed by atoms with Crippen molar-refractivity contribution in [3.63, 3.8) is 0 Å². The van der Waals surface area contributed by atoms with Crippen LogP contribution in [0.4, 0.5) is 0 Å². The van der Waals surface area contributed by atoms with Gasteiger partial charge in [-0.1, -0.05) is 36.4 Å². The number of nitrogens with one attached hydrogen (secondary N) is 1. The number of nitrogens with zero attached hydrogens (tertiary/aromatic N) is 1. The Hall–Kier alpha value is -2.36. The highest BCUT2D eigenvalue weighted by Gasteiger charge is 2.05. The largest absolute Gasteiger partial charge is 0.354 e. The molecule has 4 heteroatoms. The van der Waals surface area contributed by atoms with E-state index >= 15 is 0 Å². The number of aryl methyl sites for hydroxylation is 1. The number of hydrogen-bond acceptors (Lipinski definition) is 2. The molecule has 0 fully saturated rings. The smallest absolute Gasteiger partial charge is 0.251 e. The molecule has 20 heavy (non-hydrogen) atoms. The monoisotopic (exact) mass is 270 g/mol. The Morgan fingerprint density at radius 3 is 2.55 bits per heavy atom. The first-order valence-electron chi connectivity index (χ1n) is 6.64. The lowest BCUT2D eigenvalue weighted by Crippen LogP contribution is -2.33. The minimum absolute atomic E-state index is 0.0697. The van der Waals surface area contributed by atoms with E-state index in [9.17, 15) is 9.59 Å². The average Bonchev–Trinajstić information content (AvgIpc) is 2.44. The van der Waals surface area contributed by atoms with Crippen LogP contribution in [0.15, 0.2) is 53.3 Å². The molecule has 0 saturated heterocycles. The predicted molar refractivity (Wildman–Crippen MR) is 78.6 cm³/mol. The van der Waals surface area contributed by atoms with E-state index in [1.165, 1.54) is 16.2 Å². The van der Waals surface area contributed by atoms with Gasteiger partial charge in [-0.05, 0) is 25.0 Å². The summed E-state index contributed by atoms with van der Waals surface area (Å²) < 4.78 is 1.47. The molecule has 1 aromatic heterocycles. The second kappa shape index (κ2) is 6.70. The van der Waals surface area contributed by atoms with Gasteiger partial charge in [-0.2, -0.15) is 0 Å². The third-order valence-corrected chi connectivity index (χ3v) is 3.15. The van der Waals surface area contributed by atoms with Gasteiger partial charge in [0, 0.05) is 18.3 Å². The Kier molecular flexibility index (Phi) is 4.71. The summed E-state index contributed by atoms with van der Waals surface area (Å²) in [5.41, 5.74) is 1.82. The van der Waals surface area contributed by atoms with Gasteiger partial charge in [0.15, 0.2) is 0 Å². The maximum absolute atomic E-state index is 11.8. The van der Waals surface area contributed by atoms with E-state index in [0.29, 0.717) is 6.54 Å². The molecule has 0 spiro atoms. The summed E-state index contributed by atoms with van der Waals surface area (Å²) in [5.74, 6) is -0.141. The molecule has 0 aliphatic carbocycles. The van der Waals surface area contributed by atoms with Crippen molar-refractivity contribution in [1.29, 1.82) is 0 Å². The van der Waals surface area contributed by atoms with Gasteiger partial charge < -0.3 is 9.88 Å². The lowest BCUT2D eigenvalue weighted by molar-refractivity contribution is -0.121. The molecule has 1 N–H and O–H groups in total. The van der Waals surface area contributed by atoms with E-state index in [1.54, 1.807) is 6.07 Å². The fourth-order valence-corrected chi connectivity index (χ4v) is 2.02. The average molecular weight is 270 g/mol. The Bertz CT molecular complexity index is 632. The van der Waals surface area contributed by atoms with Gasteiger partial charge in [0.05, 0.1) is 0 Å². The summed E-state index contributed by atoms with van der Waals surface area (Å²) in [5, 5.41) is 2.84. The fourth-order valence-electron chi connectivity index (χ4n) is 2.02. The molecule has 0 atom stereocenters. The first-order chi connectivity index (χ1) is 9.66. The number of hydrogen-bond donors (Lipinski definition) is 1. The molecule has 4 nitrogen and oxygen atoms in total. The Morgan fingerprint density at radius 1 is 1.10 bits per heavy atom. The second-order valence-corrected chi connectivity index (χ2v) is 4.68. The van der Waals surface area contributed by atoms with Crippen LogP contribution < -0.4 is 10.9 Å². The molecule has 0 aliphatic heterocycles. The summed E-state index contributed by atoms with van der Waals surface area (Å²) in [4.78, 5) is 23.5. The molecule has 2 aromatic rings. The molecule has 0 unspecified atom stereocenters. The van der Waals surface area contributed by atoms with E-state index in [2.05, 4.69) is 5.32 Å². The van der Waals surface area contributed by atoms with Gasteiger partial charge in [-0.25, -0.2) is 0 Å². The zero-order valence-corrected chi connectivity index (χ0v) is 11.5. The van der Waals surface area contributed by atoms with E-state index < -0.39 is 0 Å². The highest BCUT2D eigenvalue weighted by Crippen LogP contribution is 1.98. The second-order valence-electron chi connectivity index (χ2n) is 4.68. The highest BCUT2D eigenvalue weighted by atomic mass is 16.2. The summed E-state index contributed by atoms with van der Waals surface area (Å²) in [6.45, 7) is 2.46. The minimum Gasteiger partial charge on any atom is -0.354 e. The quantitative estimate of drug-likeness (QED) is 0.895. The van der Waals surface area contributed by atoms with Crippen LogP contribution in [0.3, 0.4) is 0 Å². The van der Waals surface area contributed by atoms with Gasteiger partial charge in [0.2, 0.25) is 5.91 Å². The number of carbonyl (C=O) groups excluding carboxylic acids is 1. The summed E-state index contributed by atoms with van der Waals surface area (Å²) in [7, 11) is 0. The molecule has 2 rings (SSSR count). The van der Waals surface area contributed by atoms with Crippen molar-refractivity contribution >= 4 is 5.91 Å². The summed E-state index contributed by atoms with van der Waals surface area (Å²) in [6, 6.07) is 14.9. The topological polar surface area (TPSA) is 51.1 Å². The molecule has 1 amide bonds. The summed E-state index contributed by atoms with van der Waals surface area (Å²) >= 11 is 0. The maximum atomic E-state index is 11.8. The van der Waals surface area contributed by atoms with Crippen molar-refractivity contribution in [2.24, 2.45) is 0 Å². The molecule has 1 aromatic carbocycles. The SMILES string of the molecule is Cc1cccc(=O)n1CC(=O)NCCc1ccccc1. The third kappa shape index (κ3) is 3.82. The van der Waals surface area contributed by atoms with Gasteiger partial charge in [0.25, 0.3) is 5.56 Å². The summed E-state index contributed by atoms with van der Waals surface area (Å²) in [6.07, 6.45) is 0.787. The van der Waals surface area contributed by atoms with Crippen molar-refractivity contribution in [3.8, 4) is 0 Å². The van der Waals surface area contributed by atoms with Crippen LogP contribution in [0, 0.1) is 6.92 Å². The van der Waals surface area contributed by atoms with Crippen LogP contribution in [0.1, 0.15) is 11.3 Å². The number of carbonyl (C=O) groups is 1. The van der Waals surface area contributed by atoms with Gasteiger partial charge in [0.1, 0.15) is 6.54 Å². The number of amides is 1. The van der Waals surface area contributed by atoms with Gasteiger partial charge >= 0.3 is 0 Å². The van der Waals surface area contributed by atoms with Gasteiger partial charge in [-0.3, -0.25) is 9.59 Å². The van der Waals surface area contributed by atoms with Crippen LogP contribution >= 0.6 is 0 Å². The predicted octanol–water partition coefficient (Wildman–Crippen LogP) is 1.52. The number of rotatable bonds is 5. The van der Waals surface area contributed by atoms with Crippen LogP contribution in [-0.4, -0.2) is 17.0 Å². The minimum atomic E-state index is -0.150. The van der Waals surface area contributed by atoms with Crippen molar-refractivity contribution < 1.29 is 4.79 Å². The first kappa shape index (κ1) is 14.1. The molecule has 0 radical (unpaired) electrons. The molecular formula is C16H18N2O2. The standard InChI is InChI=1S/C16H18N2O2/c1-13-6-5-9-16(20)18(13)12-15(19)17-11-10-14-7-3-2-4-8-14/h2-9H,10-12H2,1H3,(H,17,19). The number of aromatic nitrogens is 1. The zero-order chi connectivity index (χ0) is 14.4. The lowest BCUT2D eigenvalue weighted by Gasteiger charge is -2.09. The van der Waals surface area contributed by atoms with Crippen LogP contribution in [0.2, 0.25) is 0 Å². The van der Waals surface area contributed by atoms with Gasteiger partial charge in [-0.15, -0.1) is 0 Å². The molecule has 0 saturated carbocycles. The normalized spacial score (nSPS) is 10.2. The van der Waals surface area contributed by atoms with Crippen LogP contribution in [0.5, 0.6) is 0 Å². The first-order valence-corrected chi connectivity index (χ1v) is 6.64. The molecule has 1 heterocycles. The van der Waals surface area contributed by atoms with Crippen molar-refractivity contribution in [2.45, 2.75) is 19.9 Å². The molecular weight excluding hydrogens is 252 g/mol. The fraction of sp³-hybridized carbons (Fsp3) is 0.250.